The highest BCUT2D eigenvalue weighted by Crippen LogP contribution is 2.71. The van der Waals surface area contributed by atoms with Crippen molar-refractivity contribution in [3.05, 3.63) is 56.6 Å². The van der Waals surface area contributed by atoms with E-state index in [0.717, 1.165) is 6.92 Å². The van der Waals surface area contributed by atoms with Gasteiger partial charge in [0.25, 0.3) is 5.79 Å². The largest absolute Gasteiger partial charge is 0.446 e. The third-order valence-corrected chi connectivity index (χ3v) is 8.91. The number of carbonyl (C=O) groups excluding carboxylic acids is 4. The zero-order chi connectivity index (χ0) is 29.3. The lowest BCUT2D eigenvalue weighted by Crippen LogP contribution is -2.71. The summed E-state index contributed by atoms with van der Waals surface area (Å²) in [7, 11) is 0. The van der Waals surface area contributed by atoms with Gasteiger partial charge in [-0.25, -0.2) is 0 Å². The Morgan fingerprint density at radius 2 is 1.74 bits per heavy atom. The van der Waals surface area contributed by atoms with Gasteiger partial charge in [0.2, 0.25) is 17.7 Å². The van der Waals surface area contributed by atoms with Crippen LogP contribution in [0.2, 0.25) is 5.02 Å². The van der Waals surface area contributed by atoms with Gasteiger partial charge >= 0.3 is 17.7 Å². The zero-order valence-electron chi connectivity index (χ0n) is 22.6. The lowest BCUT2D eigenvalue weighted by Gasteiger charge is -2.49. The van der Waals surface area contributed by atoms with Crippen LogP contribution in [0.1, 0.15) is 69.3 Å². The van der Waals surface area contributed by atoms with Crippen molar-refractivity contribution in [2.24, 2.45) is 0 Å². The predicted octanol–water partition coefficient (Wildman–Crippen LogP) is 2.70. The number of halogens is 1. The lowest BCUT2D eigenvalue weighted by atomic mass is 9.75. The Labute approximate surface area is 243 Å². The fourth-order valence-electron chi connectivity index (χ4n) is 6.98. The Hall–Kier alpha value is -3.39. The molecule has 0 radical (unpaired) electrons. The second-order valence-corrected chi connectivity index (χ2v) is 11.5. The Balaban J connectivity index is 1.35. The fourth-order valence-corrected chi connectivity index (χ4v) is 7.18. The molecule has 2 aromatic rings. The first-order chi connectivity index (χ1) is 20.0. The second-order valence-electron chi connectivity index (χ2n) is 11.1. The van der Waals surface area contributed by atoms with Gasteiger partial charge < -0.3 is 37.9 Å². The van der Waals surface area contributed by atoms with Crippen molar-refractivity contribution in [3.63, 3.8) is 0 Å². The van der Waals surface area contributed by atoms with Gasteiger partial charge in [0, 0.05) is 30.5 Å². The SMILES string of the molecule is CC(=O)Oc1c(Cl)ccc2c1C(=O)c1c(cc(C)c3c1O[C@]1(OC(C)=O)[C@H]4O[C@@](C5OCCCO5)(O[C@H]34)[C@]13CO3)C2=O. The maximum absolute atomic E-state index is 14.3. The number of ketones is 2. The van der Waals surface area contributed by atoms with Crippen LogP contribution in [0.15, 0.2) is 18.2 Å². The fraction of sp³-hybridized carbons (Fsp3) is 0.448. The van der Waals surface area contributed by atoms with Crippen molar-refractivity contribution in [2.75, 3.05) is 19.8 Å². The van der Waals surface area contributed by atoms with E-state index >= 15 is 0 Å². The van der Waals surface area contributed by atoms with Gasteiger partial charge in [-0.05, 0) is 37.1 Å². The number of epoxide rings is 1. The normalized spacial score (nSPS) is 33.5. The maximum Gasteiger partial charge on any atom is 0.320 e. The number of hydrogen-bond acceptors (Lipinski definition) is 12. The molecule has 2 bridgehead atoms. The molecule has 8 rings (SSSR count). The third-order valence-electron chi connectivity index (χ3n) is 8.61. The highest BCUT2D eigenvalue weighted by atomic mass is 35.5. The average Bonchev–Trinajstić information content (AvgIpc) is 3.61. The molecular formula is C29H23ClO12. The first-order valence-corrected chi connectivity index (χ1v) is 13.8. The molecule has 218 valence electrons. The van der Waals surface area contributed by atoms with E-state index in [2.05, 4.69) is 0 Å². The molecular weight excluding hydrogens is 576 g/mol. The topological polar surface area (TPSA) is 145 Å². The Bertz CT molecular complexity index is 1660. The summed E-state index contributed by atoms with van der Waals surface area (Å²) in [4.78, 5) is 52.6. The van der Waals surface area contributed by atoms with E-state index in [9.17, 15) is 19.2 Å². The smallest absolute Gasteiger partial charge is 0.320 e. The highest BCUT2D eigenvalue weighted by molar-refractivity contribution is 6.36. The van der Waals surface area contributed by atoms with Crippen molar-refractivity contribution in [1.82, 2.24) is 0 Å². The molecule has 2 aromatic carbocycles. The molecule has 5 atom stereocenters. The molecule has 1 spiro atoms. The van der Waals surface area contributed by atoms with Crippen LogP contribution in [-0.2, 0) is 38.0 Å². The molecule has 5 heterocycles. The molecule has 0 unspecified atom stereocenters. The first kappa shape index (κ1) is 26.3. The van der Waals surface area contributed by atoms with E-state index in [-0.39, 0.29) is 45.4 Å². The summed E-state index contributed by atoms with van der Waals surface area (Å²) >= 11 is 6.32. The zero-order valence-corrected chi connectivity index (χ0v) is 23.3. The molecule has 0 saturated carbocycles. The first-order valence-electron chi connectivity index (χ1n) is 13.4. The number of aryl methyl sites for hydroxylation is 1. The van der Waals surface area contributed by atoms with Gasteiger partial charge in [0.15, 0.2) is 17.6 Å². The minimum absolute atomic E-state index is 0.0119. The molecule has 1 aliphatic carbocycles. The van der Waals surface area contributed by atoms with Gasteiger partial charge in [-0.15, -0.1) is 0 Å². The van der Waals surface area contributed by atoms with Crippen molar-refractivity contribution in [1.29, 1.82) is 0 Å². The summed E-state index contributed by atoms with van der Waals surface area (Å²) in [5.41, 5.74) is -0.696. The van der Waals surface area contributed by atoms with Crippen LogP contribution in [0.3, 0.4) is 0 Å². The molecule has 13 heteroatoms. The number of fused-ring (bicyclic) bond motifs is 8. The third kappa shape index (κ3) is 2.99. The molecule has 42 heavy (non-hydrogen) atoms. The van der Waals surface area contributed by atoms with Gasteiger partial charge in [-0.1, -0.05) is 11.6 Å². The number of benzene rings is 2. The molecule has 0 N–H and O–H groups in total. The van der Waals surface area contributed by atoms with E-state index in [4.69, 9.17) is 49.5 Å². The Morgan fingerprint density at radius 3 is 2.40 bits per heavy atom. The van der Waals surface area contributed by atoms with Crippen molar-refractivity contribution in [3.8, 4) is 11.5 Å². The molecule has 12 nitrogen and oxygen atoms in total. The van der Waals surface area contributed by atoms with Crippen LogP contribution in [0.25, 0.3) is 0 Å². The number of hydrogen-bond donors (Lipinski definition) is 0. The number of rotatable bonds is 3. The van der Waals surface area contributed by atoms with Crippen LogP contribution in [0.4, 0.5) is 0 Å². The Morgan fingerprint density at radius 1 is 1.00 bits per heavy atom. The summed E-state index contributed by atoms with van der Waals surface area (Å²) in [5.74, 6) is -6.39. The number of carbonyl (C=O) groups is 4. The number of esters is 2. The lowest BCUT2D eigenvalue weighted by molar-refractivity contribution is -0.363. The summed E-state index contributed by atoms with van der Waals surface area (Å²) in [6, 6.07) is 4.38. The Kier molecular flexibility index (Phi) is 5.23. The van der Waals surface area contributed by atoms with Crippen LogP contribution in [0.5, 0.6) is 11.5 Å². The van der Waals surface area contributed by atoms with Crippen LogP contribution in [0, 0.1) is 6.92 Å². The van der Waals surface area contributed by atoms with Crippen molar-refractivity contribution in [2.45, 2.75) is 62.9 Å². The second kappa shape index (κ2) is 8.37. The van der Waals surface area contributed by atoms with Crippen LogP contribution >= 0.6 is 11.6 Å². The summed E-state index contributed by atoms with van der Waals surface area (Å²) in [6.45, 7) is 4.91. The molecule has 0 amide bonds. The summed E-state index contributed by atoms with van der Waals surface area (Å²) in [6.07, 6.45) is -2.27. The van der Waals surface area contributed by atoms with Gasteiger partial charge in [0.05, 0.1) is 36.0 Å². The average molecular weight is 599 g/mol. The minimum Gasteiger partial charge on any atom is -0.446 e. The molecule has 6 aliphatic rings. The van der Waals surface area contributed by atoms with E-state index in [1.165, 1.54) is 19.1 Å². The standard InChI is InChI=1S/C29H23ClO12/c1-11-9-15-19(21(34)18-14(20(15)33)5-6-16(30)22(18)38-12(2)31)23-17(11)24-25-28(40-23,39-13(3)32)27(10-37-27)29(41-24,42-25)26-35-7-4-8-36-26/h5-6,9,24-26H,4,7-8,10H2,1-3H3/t24-,25+,27+,28-,29-/m1/s1. The number of ether oxygens (including phenoxy) is 8. The van der Waals surface area contributed by atoms with Crippen LogP contribution in [-0.4, -0.2) is 72.9 Å². The highest BCUT2D eigenvalue weighted by Gasteiger charge is 2.94. The maximum atomic E-state index is 14.3. The molecule has 5 aliphatic heterocycles. The van der Waals surface area contributed by atoms with E-state index < -0.39 is 59.2 Å². The monoisotopic (exact) mass is 598 g/mol. The molecule has 4 saturated heterocycles. The molecule has 0 aromatic heterocycles. The quantitative estimate of drug-likeness (QED) is 0.248. The molecule has 4 fully saturated rings. The summed E-state index contributed by atoms with van der Waals surface area (Å²) in [5, 5.41) is -0.0268. The van der Waals surface area contributed by atoms with Gasteiger partial charge in [-0.3, -0.25) is 19.2 Å². The van der Waals surface area contributed by atoms with Gasteiger partial charge in [-0.2, -0.15) is 0 Å². The van der Waals surface area contributed by atoms with Crippen molar-refractivity contribution >= 4 is 35.1 Å². The minimum atomic E-state index is -1.91. The van der Waals surface area contributed by atoms with Gasteiger partial charge in [0.1, 0.15) is 11.9 Å². The van der Waals surface area contributed by atoms with Crippen molar-refractivity contribution < 1.29 is 57.1 Å². The van der Waals surface area contributed by atoms with E-state index in [0.29, 0.717) is 30.8 Å². The van der Waals surface area contributed by atoms with E-state index in [1.54, 1.807) is 13.0 Å². The predicted molar refractivity (Wildman–Crippen MR) is 136 cm³/mol. The summed E-state index contributed by atoms with van der Waals surface area (Å²) < 4.78 is 48.7. The van der Waals surface area contributed by atoms with Crippen LogP contribution < -0.4 is 9.47 Å². The van der Waals surface area contributed by atoms with E-state index in [1.807, 2.05) is 0 Å².